The highest BCUT2D eigenvalue weighted by molar-refractivity contribution is 5.95. The van der Waals surface area contributed by atoms with E-state index in [1.807, 2.05) is 26.0 Å². The van der Waals surface area contributed by atoms with Crippen molar-refractivity contribution in [3.63, 3.8) is 0 Å². The second-order valence-corrected chi connectivity index (χ2v) is 5.83. The fourth-order valence-electron chi connectivity index (χ4n) is 2.73. The van der Waals surface area contributed by atoms with Crippen LogP contribution < -0.4 is 19.5 Å². The summed E-state index contributed by atoms with van der Waals surface area (Å²) in [5.74, 6) is 1.93. The van der Waals surface area contributed by atoms with Crippen LogP contribution in [0.25, 0.3) is 0 Å². The van der Waals surface area contributed by atoms with Gasteiger partial charge >= 0.3 is 0 Å². The zero-order valence-corrected chi connectivity index (χ0v) is 15.4. The van der Waals surface area contributed by atoms with Crippen molar-refractivity contribution in [3.8, 4) is 17.2 Å². The summed E-state index contributed by atoms with van der Waals surface area (Å²) < 4.78 is 16.0. The summed E-state index contributed by atoms with van der Waals surface area (Å²) in [6.07, 6.45) is 0.691. The van der Waals surface area contributed by atoms with E-state index < -0.39 is 0 Å². The van der Waals surface area contributed by atoms with Crippen LogP contribution >= 0.6 is 0 Å². The first-order chi connectivity index (χ1) is 12.0. The molecule has 1 N–H and O–H groups in total. The Hall–Kier alpha value is -2.69. The van der Waals surface area contributed by atoms with Gasteiger partial charge in [-0.1, -0.05) is 17.7 Å². The molecule has 0 aliphatic heterocycles. The number of rotatable bonds is 7. The summed E-state index contributed by atoms with van der Waals surface area (Å²) in [7, 11) is 4.80. The second kappa shape index (κ2) is 8.42. The molecule has 0 radical (unpaired) electrons. The van der Waals surface area contributed by atoms with Gasteiger partial charge in [0, 0.05) is 17.7 Å². The number of carbonyl (C=O) groups excluding carboxylic acids is 1. The van der Waals surface area contributed by atoms with E-state index in [0.717, 1.165) is 22.4 Å². The average Bonchev–Trinajstić information content (AvgIpc) is 2.62. The molecule has 134 valence electrons. The molecule has 0 heterocycles. The number of hydrogen-bond donors (Lipinski definition) is 1. The second-order valence-electron chi connectivity index (χ2n) is 5.83. The third kappa shape index (κ3) is 4.44. The largest absolute Gasteiger partial charge is 0.496 e. The highest BCUT2D eigenvalue weighted by Crippen LogP contribution is 2.29. The molecule has 25 heavy (non-hydrogen) atoms. The lowest BCUT2D eigenvalue weighted by Crippen LogP contribution is -2.26. The third-order valence-electron chi connectivity index (χ3n) is 4.13. The molecule has 0 aliphatic carbocycles. The molecule has 2 aromatic rings. The monoisotopic (exact) mass is 343 g/mol. The van der Waals surface area contributed by atoms with E-state index in [1.54, 1.807) is 33.5 Å². The number of methoxy groups -OCH3 is 3. The number of carbonyl (C=O) groups is 1. The predicted octanol–water partition coefficient (Wildman–Crippen LogP) is 3.30. The Bertz CT molecular complexity index is 730. The molecule has 0 aromatic heterocycles. The molecule has 2 rings (SSSR count). The highest BCUT2D eigenvalue weighted by atomic mass is 16.5. The van der Waals surface area contributed by atoms with E-state index in [0.29, 0.717) is 30.0 Å². The van der Waals surface area contributed by atoms with Gasteiger partial charge in [-0.15, -0.1) is 0 Å². The van der Waals surface area contributed by atoms with Crippen LogP contribution in [-0.4, -0.2) is 33.8 Å². The van der Waals surface area contributed by atoms with Crippen LogP contribution in [0, 0.1) is 13.8 Å². The van der Waals surface area contributed by atoms with E-state index in [4.69, 9.17) is 14.2 Å². The molecule has 0 spiro atoms. The molecule has 1 amide bonds. The van der Waals surface area contributed by atoms with Crippen LogP contribution in [0.5, 0.6) is 17.2 Å². The molecular formula is C20H25NO4. The minimum atomic E-state index is -0.164. The van der Waals surface area contributed by atoms with Gasteiger partial charge in [0.05, 0.1) is 21.3 Å². The zero-order chi connectivity index (χ0) is 18.4. The smallest absolute Gasteiger partial charge is 0.251 e. The highest BCUT2D eigenvalue weighted by Gasteiger charge is 2.13. The molecule has 0 bridgehead atoms. The zero-order valence-electron chi connectivity index (χ0n) is 15.4. The van der Waals surface area contributed by atoms with E-state index in [9.17, 15) is 4.79 Å². The van der Waals surface area contributed by atoms with Crippen molar-refractivity contribution < 1.29 is 19.0 Å². The lowest BCUT2D eigenvalue weighted by atomic mass is 10.1. The van der Waals surface area contributed by atoms with Gasteiger partial charge in [-0.25, -0.2) is 0 Å². The predicted molar refractivity (Wildman–Crippen MR) is 98.1 cm³/mol. The summed E-state index contributed by atoms with van der Waals surface area (Å²) in [6, 6.07) is 9.47. The Morgan fingerprint density at radius 2 is 1.52 bits per heavy atom. The number of hydrogen-bond acceptors (Lipinski definition) is 4. The Morgan fingerprint density at radius 1 is 0.920 bits per heavy atom. The van der Waals surface area contributed by atoms with E-state index in [1.165, 1.54) is 0 Å². The third-order valence-corrected chi connectivity index (χ3v) is 4.13. The van der Waals surface area contributed by atoms with Crippen molar-refractivity contribution in [1.82, 2.24) is 5.32 Å². The van der Waals surface area contributed by atoms with Crippen molar-refractivity contribution in [2.45, 2.75) is 20.3 Å². The van der Waals surface area contributed by atoms with Crippen LogP contribution in [0.3, 0.4) is 0 Å². The quantitative estimate of drug-likeness (QED) is 0.838. The Kier molecular flexibility index (Phi) is 6.28. The Labute approximate surface area is 148 Å². The minimum Gasteiger partial charge on any atom is -0.496 e. The van der Waals surface area contributed by atoms with Gasteiger partial charge in [0.1, 0.15) is 17.2 Å². The molecule has 0 aliphatic rings. The van der Waals surface area contributed by atoms with E-state index >= 15 is 0 Å². The van der Waals surface area contributed by atoms with Gasteiger partial charge < -0.3 is 19.5 Å². The summed E-state index contributed by atoms with van der Waals surface area (Å²) >= 11 is 0. The van der Waals surface area contributed by atoms with Crippen molar-refractivity contribution in [1.29, 1.82) is 0 Å². The molecule has 0 saturated carbocycles. The van der Waals surface area contributed by atoms with Crippen molar-refractivity contribution in [2.24, 2.45) is 0 Å². The molecule has 0 fully saturated rings. The molecule has 2 aromatic carbocycles. The van der Waals surface area contributed by atoms with Gasteiger partial charge in [0.25, 0.3) is 5.91 Å². The fraction of sp³-hybridized carbons (Fsp3) is 0.350. The summed E-state index contributed by atoms with van der Waals surface area (Å²) in [5.41, 5.74) is 3.61. The maximum Gasteiger partial charge on any atom is 0.251 e. The molecule has 5 nitrogen and oxygen atoms in total. The molecular weight excluding hydrogens is 318 g/mol. The number of ether oxygens (including phenoxy) is 3. The molecule has 0 saturated heterocycles. The maximum absolute atomic E-state index is 12.5. The average molecular weight is 343 g/mol. The van der Waals surface area contributed by atoms with E-state index in [2.05, 4.69) is 11.4 Å². The SMILES string of the molecule is COc1ccc(C)cc1CCNC(=O)c1cc(OC)c(C)c(OC)c1. The lowest BCUT2D eigenvalue weighted by Gasteiger charge is -2.13. The Morgan fingerprint density at radius 3 is 2.08 bits per heavy atom. The minimum absolute atomic E-state index is 0.164. The first kappa shape index (κ1) is 18.6. The molecule has 0 atom stereocenters. The number of benzene rings is 2. The van der Waals surface area contributed by atoms with Crippen molar-refractivity contribution in [2.75, 3.05) is 27.9 Å². The molecule has 0 unspecified atom stereocenters. The first-order valence-corrected chi connectivity index (χ1v) is 8.14. The number of amides is 1. The van der Waals surface area contributed by atoms with Crippen molar-refractivity contribution >= 4 is 5.91 Å². The van der Waals surface area contributed by atoms with Crippen LogP contribution in [0.15, 0.2) is 30.3 Å². The van der Waals surface area contributed by atoms with Crippen molar-refractivity contribution in [3.05, 3.63) is 52.6 Å². The fourth-order valence-corrected chi connectivity index (χ4v) is 2.73. The summed E-state index contributed by atoms with van der Waals surface area (Å²) in [4.78, 5) is 12.5. The maximum atomic E-state index is 12.5. The summed E-state index contributed by atoms with van der Waals surface area (Å²) in [5, 5.41) is 2.93. The molecule has 5 heteroatoms. The van der Waals surface area contributed by atoms with Crippen LogP contribution in [0.1, 0.15) is 27.0 Å². The van der Waals surface area contributed by atoms with Crippen LogP contribution in [0.2, 0.25) is 0 Å². The topological polar surface area (TPSA) is 56.8 Å². The van der Waals surface area contributed by atoms with Gasteiger partial charge in [-0.2, -0.15) is 0 Å². The van der Waals surface area contributed by atoms with E-state index in [-0.39, 0.29) is 5.91 Å². The number of nitrogens with one attached hydrogen (secondary N) is 1. The first-order valence-electron chi connectivity index (χ1n) is 8.14. The normalized spacial score (nSPS) is 10.3. The summed E-state index contributed by atoms with van der Waals surface area (Å²) in [6.45, 7) is 4.44. The van der Waals surface area contributed by atoms with Crippen LogP contribution in [0.4, 0.5) is 0 Å². The lowest BCUT2D eigenvalue weighted by molar-refractivity contribution is 0.0953. The van der Waals surface area contributed by atoms with Gasteiger partial charge in [0.2, 0.25) is 0 Å². The van der Waals surface area contributed by atoms with Gasteiger partial charge in [-0.3, -0.25) is 4.79 Å². The standard InChI is InChI=1S/C20H25NO4/c1-13-6-7-17(23-3)15(10-13)8-9-21-20(22)16-11-18(24-4)14(2)19(12-16)25-5/h6-7,10-12H,8-9H2,1-5H3,(H,21,22). The van der Waals surface area contributed by atoms with Gasteiger partial charge in [-0.05, 0) is 44.0 Å². The van der Waals surface area contributed by atoms with Gasteiger partial charge in [0.15, 0.2) is 0 Å². The number of aryl methyl sites for hydroxylation is 1. The van der Waals surface area contributed by atoms with Crippen LogP contribution in [-0.2, 0) is 6.42 Å². The Balaban J connectivity index is 2.07.